The third-order valence-corrected chi connectivity index (χ3v) is 5.77. The molecule has 0 aliphatic rings. The van der Waals surface area contributed by atoms with Gasteiger partial charge in [0.1, 0.15) is 0 Å². The van der Waals surface area contributed by atoms with Gasteiger partial charge < -0.3 is 10.2 Å². The van der Waals surface area contributed by atoms with E-state index in [1.807, 2.05) is 24.3 Å². The highest BCUT2D eigenvalue weighted by atomic mass is 19.4. The van der Waals surface area contributed by atoms with E-state index in [0.717, 1.165) is 23.3 Å². The van der Waals surface area contributed by atoms with E-state index in [4.69, 9.17) is 0 Å². The molecule has 3 aromatic rings. The van der Waals surface area contributed by atoms with Crippen LogP contribution in [0.15, 0.2) is 67.0 Å². The number of amides is 2. The molecule has 8 heteroatoms. The van der Waals surface area contributed by atoms with Gasteiger partial charge in [-0.2, -0.15) is 13.2 Å². The van der Waals surface area contributed by atoms with Gasteiger partial charge in [0.15, 0.2) is 0 Å². The molecule has 0 fully saturated rings. The van der Waals surface area contributed by atoms with Crippen LogP contribution >= 0.6 is 0 Å². The number of nitrogens with zero attached hydrogens (tertiary/aromatic N) is 2. The van der Waals surface area contributed by atoms with Crippen LogP contribution in [-0.4, -0.2) is 28.2 Å². The van der Waals surface area contributed by atoms with Crippen molar-refractivity contribution in [1.29, 1.82) is 0 Å². The maximum Gasteiger partial charge on any atom is 0.416 e. The van der Waals surface area contributed by atoms with E-state index < -0.39 is 11.7 Å². The number of carbonyl (C=O) groups excluding carboxylic acids is 2. The van der Waals surface area contributed by atoms with Crippen LogP contribution < -0.4 is 5.32 Å². The van der Waals surface area contributed by atoms with Gasteiger partial charge in [0, 0.05) is 32.4 Å². The molecule has 0 aliphatic heterocycles. The molecule has 1 heterocycles. The predicted octanol–water partition coefficient (Wildman–Crippen LogP) is 6.24. The van der Waals surface area contributed by atoms with E-state index in [9.17, 15) is 22.8 Å². The fourth-order valence-electron chi connectivity index (χ4n) is 3.78. The highest BCUT2D eigenvalue weighted by Crippen LogP contribution is 2.30. The summed E-state index contributed by atoms with van der Waals surface area (Å²) in [6.45, 7) is 8.10. The molecular weight excluding hydrogens is 467 g/mol. The van der Waals surface area contributed by atoms with Crippen molar-refractivity contribution in [2.75, 3.05) is 11.9 Å². The lowest BCUT2D eigenvalue weighted by atomic mass is 9.87. The zero-order chi connectivity index (χ0) is 26.5. The maximum atomic E-state index is 13.6. The van der Waals surface area contributed by atoms with E-state index >= 15 is 0 Å². The quantitative estimate of drug-likeness (QED) is 0.420. The third kappa shape index (κ3) is 7.16. The zero-order valence-corrected chi connectivity index (χ0v) is 20.8. The van der Waals surface area contributed by atoms with Gasteiger partial charge in [-0.3, -0.25) is 14.6 Å². The molecule has 2 amide bonds. The number of benzene rings is 2. The molecule has 0 spiro atoms. The average molecular weight is 498 g/mol. The molecule has 0 saturated carbocycles. The van der Waals surface area contributed by atoms with Crippen LogP contribution in [0.2, 0.25) is 0 Å². The second-order valence-electron chi connectivity index (χ2n) is 9.72. The highest BCUT2D eigenvalue weighted by Gasteiger charge is 2.30. The van der Waals surface area contributed by atoms with E-state index in [1.54, 1.807) is 11.0 Å². The zero-order valence-electron chi connectivity index (χ0n) is 20.8. The number of hydrogen-bond donors (Lipinski definition) is 1. The van der Waals surface area contributed by atoms with Gasteiger partial charge in [-0.1, -0.05) is 63.2 Å². The topological polar surface area (TPSA) is 62.3 Å². The minimum Gasteiger partial charge on any atom is -0.334 e. The van der Waals surface area contributed by atoms with Crippen molar-refractivity contribution in [2.45, 2.75) is 52.3 Å². The molecule has 0 atom stereocenters. The minimum absolute atomic E-state index is 0.0273. The number of pyridine rings is 1. The minimum atomic E-state index is -4.44. The maximum absolute atomic E-state index is 13.6. The number of aromatic nitrogens is 1. The Hall–Kier alpha value is -3.68. The van der Waals surface area contributed by atoms with Gasteiger partial charge in [0.25, 0.3) is 5.91 Å². The number of hydrogen-bond acceptors (Lipinski definition) is 3. The van der Waals surface area contributed by atoms with Crippen LogP contribution in [0.4, 0.5) is 18.9 Å². The van der Waals surface area contributed by atoms with Crippen LogP contribution in [0.25, 0.3) is 0 Å². The van der Waals surface area contributed by atoms with Crippen LogP contribution in [0.5, 0.6) is 0 Å². The summed E-state index contributed by atoms with van der Waals surface area (Å²) in [5.74, 6) is -0.706. The summed E-state index contributed by atoms with van der Waals surface area (Å²) in [5.41, 5.74) is 2.28. The summed E-state index contributed by atoms with van der Waals surface area (Å²) in [7, 11) is 0. The molecule has 0 saturated heterocycles. The second-order valence-corrected chi connectivity index (χ2v) is 9.72. The first-order valence-electron chi connectivity index (χ1n) is 11.6. The van der Waals surface area contributed by atoms with Crippen LogP contribution in [0.1, 0.15) is 60.3 Å². The third-order valence-electron chi connectivity index (χ3n) is 5.77. The number of halogens is 3. The monoisotopic (exact) mass is 497 g/mol. The molecule has 1 N–H and O–H groups in total. The van der Waals surface area contributed by atoms with Gasteiger partial charge >= 0.3 is 6.18 Å². The standard InChI is InChI=1S/C28H30F3N3O2/c1-19(35)33-25-12-14-32-17-24(25)26(36)34(18-21-8-10-22(11-9-21)27(2,3)4)15-13-20-6-5-7-23(16-20)28(29,30)31/h5-12,14,16-17H,13,15,18H2,1-4H3,(H,32,33,35). The fraction of sp³-hybridized carbons (Fsp3) is 0.321. The van der Waals surface area contributed by atoms with Crippen molar-refractivity contribution >= 4 is 17.5 Å². The number of alkyl halides is 3. The van der Waals surface area contributed by atoms with Gasteiger partial charge in [-0.15, -0.1) is 0 Å². The number of anilines is 1. The first kappa shape index (κ1) is 26.9. The fourth-order valence-corrected chi connectivity index (χ4v) is 3.78. The van der Waals surface area contributed by atoms with Crippen molar-refractivity contribution in [3.05, 3.63) is 94.8 Å². The summed E-state index contributed by atoms with van der Waals surface area (Å²) < 4.78 is 39.5. The van der Waals surface area contributed by atoms with E-state index in [0.29, 0.717) is 11.3 Å². The highest BCUT2D eigenvalue weighted by molar-refractivity contribution is 6.03. The molecule has 3 rings (SSSR count). The van der Waals surface area contributed by atoms with E-state index in [-0.39, 0.29) is 42.3 Å². The molecule has 0 bridgehead atoms. The lowest BCUT2D eigenvalue weighted by molar-refractivity contribution is -0.137. The summed E-state index contributed by atoms with van der Waals surface area (Å²) in [6.07, 6.45) is -1.36. The van der Waals surface area contributed by atoms with Gasteiger partial charge in [-0.25, -0.2) is 0 Å². The Bertz CT molecular complexity index is 1220. The van der Waals surface area contributed by atoms with Crippen molar-refractivity contribution in [3.63, 3.8) is 0 Å². The molecule has 2 aromatic carbocycles. The SMILES string of the molecule is CC(=O)Nc1ccncc1C(=O)N(CCc1cccc(C(F)(F)F)c1)Cc1ccc(C(C)(C)C)cc1. The Balaban J connectivity index is 1.90. The van der Waals surface area contributed by atoms with Crippen molar-refractivity contribution < 1.29 is 22.8 Å². The molecule has 1 aromatic heterocycles. The Morgan fingerprint density at radius 1 is 0.944 bits per heavy atom. The van der Waals surface area contributed by atoms with Crippen LogP contribution in [0, 0.1) is 0 Å². The Kier molecular flexibility index (Phi) is 8.17. The number of carbonyl (C=O) groups is 2. The van der Waals surface area contributed by atoms with Crippen molar-refractivity contribution in [3.8, 4) is 0 Å². The molecule has 190 valence electrons. The average Bonchev–Trinajstić information content (AvgIpc) is 2.80. The smallest absolute Gasteiger partial charge is 0.334 e. The summed E-state index contributed by atoms with van der Waals surface area (Å²) >= 11 is 0. The Morgan fingerprint density at radius 2 is 1.64 bits per heavy atom. The largest absolute Gasteiger partial charge is 0.416 e. The normalized spacial score (nSPS) is 11.8. The van der Waals surface area contributed by atoms with E-state index in [2.05, 4.69) is 31.1 Å². The Labute approximate surface area is 209 Å². The summed E-state index contributed by atoms with van der Waals surface area (Å²) in [6, 6.07) is 14.6. The van der Waals surface area contributed by atoms with Crippen LogP contribution in [0.3, 0.4) is 0 Å². The first-order chi connectivity index (χ1) is 16.8. The van der Waals surface area contributed by atoms with Crippen LogP contribution in [-0.2, 0) is 29.4 Å². The van der Waals surface area contributed by atoms with Crippen molar-refractivity contribution in [2.24, 2.45) is 0 Å². The lowest BCUT2D eigenvalue weighted by Crippen LogP contribution is -2.33. The molecule has 0 radical (unpaired) electrons. The summed E-state index contributed by atoms with van der Waals surface area (Å²) in [4.78, 5) is 30.8. The number of nitrogens with one attached hydrogen (secondary N) is 1. The molecule has 0 unspecified atom stereocenters. The first-order valence-corrected chi connectivity index (χ1v) is 11.6. The van der Waals surface area contributed by atoms with Crippen molar-refractivity contribution in [1.82, 2.24) is 9.88 Å². The molecule has 5 nitrogen and oxygen atoms in total. The van der Waals surface area contributed by atoms with Gasteiger partial charge in [0.05, 0.1) is 16.8 Å². The number of rotatable bonds is 7. The predicted molar refractivity (Wildman–Crippen MR) is 134 cm³/mol. The summed E-state index contributed by atoms with van der Waals surface area (Å²) in [5, 5.41) is 2.64. The molecular formula is C28H30F3N3O2. The molecule has 0 aliphatic carbocycles. The van der Waals surface area contributed by atoms with Gasteiger partial charge in [0.2, 0.25) is 5.91 Å². The Morgan fingerprint density at radius 3 is 2.25 bits per heavy atom. The van der Waals surface area contributed by atoms with Gasteiger partial charge in [-0.05, 0) is 40.7 Å². The second kappa shape index (κ2) is 10.9. The lowest BCUT2D eigenvalue weighted by Gasteiger charge is -2.25. The van der Waals surface area contributed by atoms with E-state index in [1.165, 1.54) is 31.5 Å². The molecule has 36 heavy (non-hydrogen) atoms.